The molecule has 2 nitrogen and oxygen atoms in total. The van der Waals surface area contributed by atoms with Crippen molar-refractivity contribution >= 4 is 96.4 Å². The van der Waals surface area contributed by atoms with Gasteiger partial charge in [-0.05, 0) is 106 Å². The summed E-state index contributed by atoms with van der Waals surface area (Å²) in [4.78, 5) is 5.28. The fraction of sp³-hybridized carbons (Fsp3) is 0.136. The molecule has 3 aliphatic heterocycles. The molecule has 11 rings (SSSR count). The zero-order valence-corrected chi connectivity index (χ0v) is 29.6. The Labute approximate surface area is 293 Å². The van der Waals surface area contributed by atoms with Crippen molar-refractivity contribution in [3.63, 3.8) is 0 Å². The number of para-hydroxylation sites is 3. The average molecular weight is 663 g/mol. The van der Waals surface area contributed by atoms with Crippen LogP contribution in [0.4, 0.5) is 34.1 Å². The van der Waals surface area contributed by atoms with Gasteiger partial charge >= 0.3 is 0 Å². The fourth-order valence-corrected chi connectivity index (χ4v) is 13.9. The first kappa shape index (κ1) is 28.0. The molecule has 0 amide bonds. The van der Waals surface area contributed by atoms with Gasteiger partial charge in [0.25, 0.3) is 6.71 Å². The first-order valence-electron chi connectivity index (χ1n) is 17.8. The molecule has 0 radical (unpaired) electrons. The highest BCUT2D eigenvalue weighted by Crippen LogP contribution is 2.50. The smallest absolute Gasteiger partial charge is 0.264 e. The minimum absolute atomic E-state index is 0.164. The molecule has 6 aromatic carbocycles. The number of rotatable bonds is 2. The van der Waals surface area contributed by atoms with Gasteiger partial charge in [0.15, 0.2) is 0 Å². The maximum atomic E-state index is 2.67. The van der Waals surface area contributed by atoms with Crippen molar-refractivity contribution in [2.75, 3.05) is 9.80 Å². The van der Waals surface area contributed by atoms with Gasteiger partial charge in [0.05, 0.1) is 5.69 Å². The second-order valence-corrected chi connectivity index (χ2v) is 20.1. The Bertz CT molecular complexity index is 2520. The molecule has 0 fully saturated rings. The van der Waals surface area contributed by atoms with E-state index in [0.717, 1.165) is 6.42 Å². The van der Waals surface area contributed by atoms with Crippen molar-refractivity contribution in [3.8, 4) is 11.1 Å². The number of anilines is 6. The van der Waals surface area contributed by atoms with Crippen molar-refractivity contribution in [2.24, 2.45) is 0 Å². The molecule has 1 aromatic heterocycles. The summed E-state index contributed by atoms with van der Waals surface area (Å²) < 4.78 is 2.81. The van der Waals surface area contributed by atoms with E-state index in [1.165, 1.54) is 101 Å². The van der Waals surface area contributed by atoms with E-state index in [1.54, 1.807) is 10.8 Å². The zero-order valence-electron chi connectivity index (χ0n) is 27.8. The van der Waals surface area contributed by atoms with E-state index in [-0.39, 0.29) is 6.71 Å². The second-order valence-electron chi connectivity index (χ2n) is 14.7. The number of benzene rings is 6. The highest BCUT2D eigenvalue weighted by molar-refractivity contribution is 7.33. The molecule has 0 N–H and O–H groups in total. The molecular formula is C44H35BN2SSi. The Morgan fingerprint density at radius 2 is 1.37 bits per heavy atom. The Hall–Kier alpha value is -4.84. The summed E-state index contributed by atoms with van der Waals surface area (Å²) in [6.07, 6.45) is 4.88. The summed E-state index contributed by atoms with van der Waals surface area (Å²) in [5.41, 5.74) is 16.7. The first-order valence-corrected chi connectivity index (χ1v) is 21.6. The van der Waals surface area contributed by atoms with Gasteiger partial charge in [-0.2, -0.15) is 0 Å². The lowest BCUT2D eigenvalue weighted by Gasteiger charge is -2.48. The third kappa shape index (κ3) is 3.72. The maximum Gasteiger partial charge on any atom is 0.264 e. The predicted octanol–water partition coefficient (Wildman–Crippen LogP) is 8.67. The lowest BCUT2D eigenvalue weighted by atomic mass is 9.36. The Balaban J connectivity index is 1.31. The van der Waals surface area contributed by atoms with Gasteiger partial charge in [-0.3, -0.25) is 0 Å². The molecule has 5 heteroatoms. The van der Waals surface area contributed by atoms with Gasteiger partial charge < -0.3 is 9.80 Å². The van der Waals surface area contributed by atoms with Gasteiger partial charge in [-0.25, -0.2) is 0 Å². The third-order valence-electron chi connectivity index (χ3n) is 11.8. The normalized spacial score (nSPS) is 16.1. The number of aryl methyl sites for hydroxylation is 1. The third-order valence-corrected chi connectivity index (χ3v) is 16.5. The molecule has 4 heterocycles. The van der Waals surface area contributed by atoms with Crippen LogP contribution in [0.1, 0.15) is 24.0 Å². The minimum Gasteiger partial charge on any atom is -0.312 e. The lowest BCUT2D eigenvalue weighted by molar-refractivity contribution is 0.687. The molecule has 1 aliphatic carbocycles. The predicted molar refractivity (Wildman–Crippen MR) is 215 cm³/mol. The van der Waals surface area contributed by atoms with E-state index in [1.807, 2.05) is 11.3 Å². The van der Waals surface area contributed by atoms with Crippen LogP contribution in [-0.2, 0) is 12.8 Å². The van der Waals surface area contributed by atoms with Crippen molar-refractivity contribution in [1.29, 1.82) is 0 Å². The number of hydrogen-bond acceptors (Lipinski definition) is 3. The van der Waals surface area contributed by atoms with Crippen molar-refractivity contribution in [2.45, 2.75) is 38.8 Å². The molecule has 0 saturated carbocycles. The topological polar surface area (TPSA) is 6.48 Å². The molecule has 0 bridgehead atoms. The van der Waals surface area contributed by atoms with E-state index < -0.39 is 8.07 Å². The van der Waals surface area contributed by atoms with Crippen LogP contribution in [0.15, 0.2) is 127 Å². The minimum atomic E-state index is -1.98. The van der Waals surface area contributed by atoms with Crippen molar-refractivity contribution in [3.05, 3.63) is 139 Å². The zero-order chi connectivity index (χ0) is 32.4. The molecule has 4 aliphatic rings. The Kier molecular flexibility index (Phi) is 5.78. The van der Waals surface area contributed by atoms with E-state index in [2.05, 4.69) is 150 Å². The lowest BCUT2D eigenvalue weighted by Crippen LogP contribution is -2.67. The number of hydrogen-bond donors (Lipinski definition) is 0. The standard InChI is InChI=1S/C44H35BN2SSi/c1-49(2)39-24-11-9-22-35(39)47-37-27-29(32-20-12-15-28-14-6-7-18-31(28)32)26-36-41(37)45(34-21-13-25-40(49)43(34)47)44-42(33-19-8-10-23-38(33)48-44)46(36)30-16-4-3-5-17-30/h3-5,8-13,15-17,19-27H,6-7,14,18H2,1-2H3. The van der Waals surface area contributed by atoms with Gasteiger partial charge in [0.1, 0.15) is 8.07 Å². The average Bonchev–Trinajstić information content (AvgIpc) is 3.53. The highest BCUT2D eigenvalue weighted by Gasteiger charge is 2.49. The molecule has 0 spiro atoms. The molecule has 7 aromatic rings. The van der Waals surface area contributed by atoms with Crippen LogP contribution >= 0.6 is 11.3 Å². The van der Waals surface area contributed by atoms with E-state index >= 15 is 0 Å². The summed E-state index contributed by atoms with van der Waals surface area (Å²) in [5.74, 6) is 0. The summed E-state index contributed by atoms with van der Waals surface area (Å²) in [6.45, 7) is 5.27. The van der Waals surface area contributed by atoms with Crippen LogP contribution in [0.3, 0.4) is 0 Å². The monoisotopic (exact) mass is 662 g/mol. The number of fused-ring (bicyclic) bond motifs is 9. The molecule has 0 unspecified atom stereocenters. The number of thiophene rings is 1. The summed E-state index contributed by atoms with van der Waals surface area (Å²) >= 11 is 1.99. The summed E-state index contributed by atoms with van der Waals surface area (Å²) in [7, 11) is -1.98. The van der Waals surface area contributed by atoms with Crippen molar-refractivity contribution < 1.29 is 0 Å². The number of nitrogens with zero attached hydrogens (tertiary/aromatic N) is 2. The molecule has 0 saturated heterocycles. The molecule has 234 valence electrons. The SMILES string of the molecule is C[Si]1(C)c2ccccc2N2c3cc(-c4cccc5c4CCCC5)cc4c3B(c3cccc1c32)c1sc2ccccc2c1N4c1ccccc1. The fourth-order valence-electron chi connectivity index (χ4n) is 9.63. The molecule has 49 heavy (non-hydrogen) atoms. The quantitative estimate of drug-likeness (QED) is 0.171. The highest BCUT2D eigenvalue weighted by atomic mass is 32.1. The van der Waals surface area contributed by atoms with E-state index in [9.17, 15) is 0 Å². The van der Waals surface area contributed by atoms with Crippen molar-refractivity contribution in [1.82, 2.24) is 0 Å². The van der Waals surface area contributed by atoms with Crippen LogP contribution in [0, 0.1) is 0 Å². The largest absolute Gasteiger partial charge is 0.312 e. The molecule has 0 atom stereocenters. The molecular weight excluding hydrogens is 627 g/mol. The summed E-state index contributed by atoms with van der Waals surface area (Å²) in [6, 6.07) is 48.8. The van der Waals surface area contributed by atoms with E-state index in [0.29, 0.717) is 0 Å². The van der Waals surface area contributed by atoms with Gasteiger partial charge in [-0.1, -0.05) is 104 Å². The van der Waals surface area contributed by atoms with Gasteiger partial charge in [0.2, 0.25) is 0 Å². The van der Waals surface area contributed by atoms with Gasteiger partial charge in [0, 0.05) is 43.3 Å². The second kappa shape index (κ2) is 10.1. The Morgan fingerprint density at radius 1 is 0.633 bits per heavy atom. The van der Waals surface area contributed by atoms with Crippen LogP contribution in [0.5, 0.6) is 0 Å². The van der Waals surface area contributed by atoms with Crippen LogP contribution < -0.4 is 35.9 Å². The van der Waals surface area contributed by atoms with Crippen LogP contribution in [-0.4, -0.2) is 14.8 Å². The van der Waals surface area contributed by atoms with Gasteiger partial charge in [-0.15, -0.1) is 11.3 Å². The summed E-state index contributed by atoms with van der Waals surface area (Å²) in [5, 5.41) is 4.41. The first-order chi connectivity index (χ1) is 24.1. The van der Waals surface area contributed by atoms with Crippen LogP contribution in [0.2, 0.25) is 13.1 Å². The maximum absolute atomic E-state index is 2.67. The van der Waals surface area contributed by atoms with Crippen LogP contribution in [0.25, 0.3) is 21.2 Å². The Morgan fingerprint density at radius 3 is 2.27 bits per heavy atom. The van der Waals surface area contributed by atoms with E-state index in [4.69, 9.17) is 0 Å².